The first kappa shape index (κ1) is 23.1. The van der Waals surface area contributed by atoms with Gasteiger partial charge in [-0.3, -0.25) is 15.1 Å². The standard InChI is InChI=1S/C14H15N3S.C6H4INO2.ClH/c1-2-5-12(17-10-14-15-7-8-16-14)11(4-1)13-6-3-9-18-13;7-5-3-1-2-4-6(5)8(9)10;/h1-6,9,17H,7-8,10H2,(H,15,16);1-4H;1H. The summed E-state index contributed by atoms with van der Waals surface area (Å²) in [5.74, 6) is 1.05. The van der Waals surface area contributed by atoms with Crippen LogP contribution in [0.1, 0.15) is 0 Å². The van der Waals surface area contributed by atoms with Crippen molar-refractivity contribution < 1.29 is 4.92 Å². The van der Waals surface area contributed by atoms with Crippen molar-refractivity contribution in [3.05, 3.63) is 79.7 Å². The molecule has 2 aromatic carbocycles. The van der Waals surface area contributed by atoms with Gasteiger partial charge in [0.05, 0.1) is 21.6 Å². The Morgan fingerprint density at radius 2 is 1.90 bits per heavy atom. The van der Waals surface area contributed by atoms with E-state index in [9.17, 15) is 10.1 Å². The minimum atomic E-state index is -0.387. The number of benzene rings is 2. The van der Waals surface area contributed by atoms with Crippen LogP contribution in [-0.4, -0.2) is 30.4 Å². The lowest BCUT2D eigenvalue weighted by atomic mass is 10.1. The first-order valence-corrected chi connectivity index (χ1v) is 10.6. The zero-order valence-corrected chi connectivity index (χ0v) is 19.2. The van der Waals surface area contributed by atoms with Crippen molar-refractivity contribution >= 4 is 63.5 Å². The molecular weight excluding hydrogens is 523 g/mol. The molecule has 1 aromatic heterocycles. The molecule has 3 aromatic rings. The normalized spacial score (nSPS) is 12.0. The van der Waals surface area contributed by atoms with Crippen LogP contribution in [0.25, 0.3) is 10.4 Å². The van der Waals surface area contributed by atoms with E-state index in [1.807, 2.05) is 22.6 Å². The average molecular weight is 543 g/mol. The van der Waals surface area contributed by atoms with Crippen molar-refractivity contribution in [2.45, 2.75) is 0 Å². The molecule has 2 N–H and O–H groups in total. The molecule has 0 amide bonds. The summed E-state index contributed by atoms with van der Waals surface area (Å²) >= 11 is 3.70. The van der Waals surface area contributed by atoms with E-state index in [2.05, 4.69) is 57.4 Å². The van der Waals surface area contributed by atoms with E-state index in [-0.39, 0.29) is 23.0 Å². The van der Waals surface area contributed by atoms with Crippen molar-refractivity contribution in [3.8, 4) is 10.4 Å². The molecule has 0 radical (unpaired) electrons. The first-order valence-electron chi connectivity index (χ1n) is 8.68. The van der Waals surface area contributed by atoms with Gasteiger partial charge in [-0.1, -0.05) is 36.4 Å². The number of anilines is 1. The van der Waals surface area contributed by atoms with Crippen LogP contribution in [-0.2, 0) is 0 Å². The highest BCUT2D eigenvalue weighted by Gasteiger charge is 2.08. The molecule has 29 heavy (non-hydrogen) atoms. The average Bonchev–Trinajstić information content (AvgIpc) is 3.41. The summed E-state index contributed by atoms with van der Waals surface area (Å²) in [6, 6.07) is 19.3. The molecule has 1 aliphatic heterocycles. The molecule has 1 aliphatic rings. The van der Waals surface area contributed by atoms with Gasteiger partial charge in [-0.05, 0) is 46.2 Å². The molecule has 0 fully saturated rings. The van der Waals surface area contributed by atoms with Crippen LogP contribution < -0.4 is 10.6 Å². The Morgan fingerprint density at radius 3 is 2.52 bits per heavy atom. The summed E-state index contributed by atoms with van der Waals surface area (Å²) in [5.41, 5.74) is 2.59. The Kier molecular flexibility index (Phi) is 9.36. The van der Waals surface area contributed by atoms with Gasteiger partial charge in [0.2, 0.25) is 0 Å². The van der Waals surface area contributed by atoms with Crippen LogP contribution in [0.5, 0.6) is 0 Å². The molecule has 6 nitrogen and oxygen atoms in total. The number of thiophene rings is 1. The van der Waals surface area contributed by atoms with Gasteiger partial charge in [0.1, 0.15) is 5.84 Å². The number of amidine groups is 1. The number of hydrogen-bond donors (Lipinski definition) is 2. The Balaban J connectivity index is 0.000000234. The van der Waals surface area contributed by atoms with Crippen LogP contribution in [0.4, 0.5) is 11.4 Å². The van der Waals surface area contributed by atoms with Crippen molar-refractivity contribution in [3.63, 3.8) is 0 Å². The zero-order chi connectivity index (χ0) is 19.8. The lowest BCUT2D eigenvalue weighted by Crippen LogP contribution is -2.26. The van der Waals surface area contributed by atoms with E-state index in [1.165, 1.54) is 16.5 Å². The molecule has 2 heterocycles. The number of nitro benzene ring substituents is 1. The lowest BCUT2D eigenvalue weighted by molar-refractivity contribution is -0.385. The Morgan fingerprint density at radius 1 is 1.14 bits per heavy atom. The molecule has 0 saturated heterocycles. The number of hydrogen-bond acceptors (Lipinski definition) is 6. The topological polar surface area (TPSA) is 79.6 Å². The van der Waals surface area contributed by atoms with E-state index in [0.717, 1.165) is 31.2 Å². The highest BCUT2D eigenvalue weighted by Crippen LogP contribution is 2.31. The van der Waals surface area contributed by atoms with Crippen molar-refractivity contribution in [1.82, 2.24) is 5.32 Å². The van der Waals surface area contributed by atoms with E-state index in [1.54, 1.807) is 29.5 Å². The van der Waals surface area contributed by atoms with Crippen LogP contribution in [0, 0.1) is 13.7 Å². The maximum Gasteiger partial charge on any atom is 0.282 e. The summed E-state index contributed by atoms with van der Waals surface area (Å²) in [6.45, 7) is 2.62. The van der Waals surface area contributed by atoms with Crippen molar-refractivity contribution in [1.29, 1.82) is 0 Å². The second-order valence-corrected chi connectivity index (χ2v) is 7.95. The molecule has 4 rings (SSSR count). The van der Waals surface area contributed by atoms with Gasteiger partial charge in [-0.25, -0.2) is 0 Å². The van der Waals surface area contributed by atoms with Gasteiger partial charge in [0.25, 0.3) is 5.69 Å². The van der Waals surface area contributed by atoms with Gasteiger partial charge in [0.15, 0.2) is 0 Å². The maximum absolute atomic E-state index is 10.2. The summed E-state index contributed by atoms with van der Waals surface area (Å²) < 4.78 is 0.671. The van der Waals surface area contributed by atoms with Gasteiger partial charge in [-0.2, -0.15) is 0 Å². The van der Waals surface area contributed by atoms with Gasteiger partial charge >= 0.3 is 0 Å². The molecule has 0 bridgehead atoms. The van der Waals surface area contributed by atoms with Gasteiger partial charge in [0, 0.05) is 28.7 Å². The second-order valence-electron chi connectivity index (χ2n) is 5.84. The van der Waals surface area contributed by atoms with E-state index in [0.29, 0.717) is 3.57 Å². The third kappa shape index (κ3) is 6.69. The van der Waals surface area contributed by atoms with Crippen molar-refractivity contribution in [2.24, 2.45) is 4.99 Å². The van der Waals surface area contributed by atoms with Gasteiger partial charge < -0.3 is 10.6 Å². The van der Waals surface area contributed by atoms with Crippen molar-refractivity contribution in [2.75, 3.05) is 25.0 Å². The third-order valence-electron chi connectivity index (χ3n) is 3.95. The summed E-state index contributed by atoms with van der Waals surface area (Å²) in [4.78, 5) is 15.5. The second kappa shape index (κ2) is 11.7. The molecule has 0 aliphatic carbocycles. The molecule has 152 valence electrons. The summed E-state index contributed by atoms with van der Waals surface area (Å²) in [6.07, 6.45) is 0. The number of nitrogens with one attached hydrogen (secondary N) is 2. The molecule has 0 spiro atoms. The molecule has 9 heteroatoms. The van der Waals surface area contributed by atoms with Crippen LogP contribution in [0.3, 0.4) is 0 Å². The summed E-state index contributed by atoms with van der Waals surface area (Å²) in [5, 5.41) is 19.1. The number of rotatable bonds is 5. The minimum Gasteiger partial charge on any atom is -0.377 e. The fourth-order valence-corrected chi connectivity index (χ4v) is 3.98. The number of aliphatic imine (C=N–C) groups is 1. The SMILES string of the molecule is Cl.O=[N+]([O-])c1ccccc1I.c1csc(-c2ccccc2NCC2=NCCN2)c1. The van der Waals surface area contributed by atoms with E-state index in [4.69, 9.17) is 0 Å². The van der Waals surface area contributed by atoms with Crippen LogP contribution >= 0.6 is 46.3 Å². The fourth-order valence-electron chi connectivity index (χ4n) is 2.63. The molecular formula is C20H20ClIN4O2S. The monoisotopic (exact) mass is 542 g/mol. The molecule has 0 atom stereocenters. The lowest BCUT2D eigenvalue weighted by Gasteiger charge is -2.11. The predicted octanol–water partition coefficient (Wildman–Crippen LogP) is 5.45. The highest BCUT2D eigenvalue weighted by atomic mass is 127. The third-order valence-corrected chi connectivity index (χ3v) is 5.77. The van der Waals surface area contributed by atoms with Crippen LogP contribution in [0.2, 0.25) is 0 Å². The van der Waals surface area contributed by atoms with Crippen LogP contribution in [0.15, 0.2) is 71.0 Å². The van der Waals surface area contributed by atoms with E-state index < -0.39 is 0 Å². The number of nitro groups is 1. The number of para-hydroxylation sites is 2. The smallest absolute Gasteiger partial charge is 0.282 e. The Labute approximate surface area is 193 Å². The quantitative estimate of drug-likeness (QED) is 0.255. The first-order chi connectivity index (χ1) is 13.6. The highest BCUT2D eigenvalue weighted by molar-refractivity contribution is 14.1. The zero-order valence-electron chi connectivity index (χ0n) is 15.4. The van der Waals surface area contributed by atoms with Gasteiger partial charge in [-0.15, -0.1) is 23.7 Å². The number of halogens is 2. The Hall–Kier alpha value is -2.17. The largest absolute Gasteiger partial charge is 0.377 e. The predicted molar refractivity (Wildman–Crippen MR) is 132 cm³/mol. The summed E-state index contributed by atoms with van der Waals surface area (Å²) in [7, 11) is 0. The maximum atomic E-state index is 10.2. The molecule has 0 saturated carbocycles. The Bertz CT molecular complexity index is 967. The minimum absolute atomic E-state index is 0. The van der Waals surface area contributed by atoms with E-state index >= 15 is 0 Å². The number of nitrogens with zero attached hydrogens (tertiary/aromatic N) is 2. The fraction of sp³-hybridized carbons (Fsp3) is 0.150. The molecule has 0 unspecified atom stereocenters.